The molecule has 3 N–H and O–H groups in total. The molecular formula is C76H148O17P2. The van der Waals surface area contributed by atoms with E-state index in [1.54, 1.807) is 0 Å². The van der Waals surface area contributed by atoms with Gasteiger partial charge in [0.05, 0.1) is 26.4 Å². The summed E-state index contributed by atoms with van der Waals surface area (Å²) >= 11 is 0. The maximum atomic E-state index is 13.1. The van der Waals surface area contributed by atoms with Crippen molar-refractivity contribution in [2.24, 2.45) is 5.92 Å². The second-order valence-corrected chi connectivity index (χ2v) is 30.8. The van der Waals surface area contributed by atoms with Crippen molar-refractivity contribution < 1.29 is 80.2 Å². The zero-order valence-corrected chi connectivity index (χ0v) is 63.6. The van der Waals surface area contributed by atoms with Crippen LogP contribution in [-0.4, -0.2) is 96.7 Å². The molecule has 0 heterocycles. The summed E-state index contributed by atoms with van der Waals surface area (Å²) in [5.41, 5.74) is 0. The van der Waals surface area contributed by atoms with E-state index in [4.69, 9.17) is 37.0 Å². The highest BCUT2D eigenvalue weighted by atomic mass is 31.2. The van der Waals surface area contributed by atoms with Crippen molar-refractivity contribution in [1.29, 1.82) is 0 Å². The van der Waals surface area contributed by atoms with Gasteiger partial charge in [0.15, 0.2) is 12.2 Å². The van der Waals surface area contributed by atoms with Crippen LogP contribution in [0.3, 0.4) is 0 Å². The van der Waals surface area contributed by atoms with Crippen molar-refractivity contribution in [1.82, 2.24) is 0 Å². The Labute approximate surface area is 581 Å². The van der Waals surface area contributed by atoms with Crippen molar-refractivity contribution in [2.75, 3.05) is 39.6 Å². The number of carbonyl (C=O) groups is 4. The summed E-state index contributed by atoms with van der Waals surface area (Å²) in [6.07, 6.45) is 59.0. The number of ether oxygens (including phenoxy) is 4. The number of hydrogen-bond acceptors (Lipinski definition) is 15. The fourth-order valence-corrected chi connectivity index (χ4v) is 13.3. The number of aliphatic hydroxyl groups excluding tert-OH is 1. The molecule has 0 aromatic heterocycles. The van der Waals surface area contributed by atoms with Gasteiger partial charge in [-0.2, -0.15) is 0 Å². The second kappa shape index (κ2) is 69.2. The third-order valence-electron chi connectivity index (χ3n) is 17.8. The van der Waals surface area contributed by atoms with Gasteiger partial charge in [-0.15, -0.1) is 0 Å². The van der Waals surface area contributed by atoms with E-state index >= 15 is 0 Å². The van der Waals surface area contributed by atoms with Crippen molar-refractivity contribution in [2.45, 2.75) is 419 Å². The average molecular weight is 1400 g/mol. The quantitative estimate of drug-likeness (QED) is 0.0222. The molecule has 0 aromatic rings. The molecule has 0 saturated carbocycles. The number of phosphoric ester groups is 2. The van der Waals surface area contributed by atoms with Crippen LogP contribution in [-0.2, 0) is 65.4 Å². The summed E-state index contributed by atoms with van der Waals surface area (Å²) in [6, 6.07) is 0. The lowest BCUT2D eigenvalue weighted by atomic mass is 10.0. The van der Waals surface area contributed by atoms with Gasteiger partial charge in [-0.1, -0.05) is 349 Å². The average Bonchev–Trinajstić information content (AvgIpc) is 1.41. The zero-order valence-electron chi connectivity index (χ0n) is 61.8. The molecule has 0 fully saturated rings. The van der Waals surface area contributed by atoms with Gasteiger partial charge in [0.1, 0.15) is 19.3 Å². The van der Waals surface area contributed by atoms with Crippen LogP contribution in [0.25, 0.3) is 0 Å². The minimum absolute atomic E-state index is 0.104. The van der Waals surface area contributed by atoms with Crippen molar-refractivity contribution in [3.05, 3.63) is 0 Å². The Morgan fingerprint density at radius 3 is 0.716 bits per heavy atom. The van der Waals surface area contributed by atoms with E-state index in [-0.39, 0.29) is 25.7 Å². The highest BCUT2D eigenvalue weighted by Crippen LogP contribution is 2.45. The Balaban J connectivity index is 5.10. The van der Waals surface area contributed by atoms with E-state index in [9.17, 15) is 43.2 Å². The minimum atomic E-state index is -4.95. The standard InChI is InChI=1S/C76H148O17P2/c1-6-9-12-15-17-19-21-23-25-27-28-29-30-31-33-35-37-39-41-46-51-56-61-75(80)93-72(66-87-74(79)60-55-50-45-40-38-36-34-32-26-24-22-20-18-16-13-10-7-2)68-91-95(84,85)89-64-70(77)63-88-94(82,83)90-67-71(65-86-73(78)59-54-48-14-11-8-3)92-76(81)62-57-52-47-43-42-44-49-53-58-69(4)5/h69-72,77H,6-68H2,1-5H3,(H,82,83)(H,84,85)/t70-,71+,72+/m0/s1. The number of phosphoric acid groups is 2. The summed E-state index contributed by atoms with van der Waals surface area (Å²) < 4.78 is 68.2. The number of aliphatic hydroxyl groups is 1. The Morgan fingerprint density at radius 2 is 0.484 bits per heavy atom. The van der Waals surface area contributed by atoms with Crippen LogP contribution in [0.15, 0.2) is 0 Å². The van der Waals surface area contributed by atoms with Gasteiger partial charge >= 0.3 is 39.5 Å². The maximum Gasteiger partial charge on any atom is 0.472 e. The Morgan fingerprint density at radius 1 is 0.284 bits per heavy atom. The number of carbonyl (C=O) groups excluding carboxylic acids is 4. The lowest BCUT2D eigenvalue weighted by molar-refractivity contribution is -0.161. The fourth-order valence-electron chi connectivity index (χ4n) is 11.7. The second-order valence-electron chi connectivity index (χ2n) is 27.9. The van der Waals surface area contributed by atoms with Gasteiger partial charge in [-0.3, -0.25) is 37.3 Å². The minimum Gasteiger partial charge on any atom is -0.462 e. The monoisotopic (exact) mass is 1400 g/mol. The molecule has 95 heavy (non-hydrogen) atoms. The first-order chi connectivity index (χ1) is 46.0. The van der Waals surface area contributed by atoms with Crippen LogP contribution < -0.4 is 0 Å². The first kappa shape index (κ1) is 93.1. The first-order valence-electron chi connectivity index (χ1n) is 39.6. The molecule has 19 heteroatoms. The molecule has 17 nitrogen and oxygen atoms in total. The lowest BCUT2D eigenvalue weighted by Crippen LogP contribution is -2.30. The molecule has 0 aliphatic heterocycles. The van der Waals surface area contributed by atoms with Gasteiger partial charge in [-0.05, 0) is 31.6 Å². The summed E-state index contributed by atoms with van der Waals surface area (Å²) in [5, 5.41) is 10.6. The molecule has 0 spiro atoms. The Hall–Kier alpha value is -1.94. The SMILES string of the molecule is CCCCCCCCCCCCCCCCCCCCCCCCC(=O)O[C@H](COC(=O)CCCCCCCCCCCCCCCCCCC)COP(=O)(O)OC[C@@H](O)COP(=O)(O)OC[C@@H](COC(=O)CCCCCCC)OC(=O)CCCCCCCCCCC(C)C. The van der Waals surface area contributed by atoms with E-state index in [1.807, 2.05) is 0 Å². The predicted octanol–water partition coefficient (Wildman–Crippen LogP) is 22.5. The molecule has 0 aliphatic rings. The highest BCUT2D eigenvalue weighted by Gasteiger charge is 2.30. The van der Waals surface area contributed by atoms with Crippen LogP contribution in [0.1, 0.15) is 401 Å². The van der Waals surface area contributed by atoms with Gasteiger partial charge in [0.25, 0.3) is 0 Å². The molecule has 564 valence electrons. The molecule has 0 radical (unpaired) electrons. The first-order valence-corrected chi connectivity index (χ1v) is 42.6. The molecule has 0 amide bonds. The summed E-state index contributed by atoms with van der Waals surface area (Å²) in [5.74, 6) is -1.41. The van der Waals surface area contributed by atoms with E-state index in [1.165, 1.54) is 218 Å². The molecule has 0 bridgehead atoms. The third-order valence-corrected chi connectivity index (χ3v) is 19.7. The van der Waals surface area contributed by atoms with E-state index in [0.717, 1.165) is 102 Å². The molecule has 2 unspecified atom stereocenters. The Kier molecular flexibility index (Phi) is 67.7. The van der Waals surface area contributed by atoms with Crippen LogP contribution in [0.2, 0.25) is 0 Å². The molecular weight excluding hydrogens is 1250 g/mol. The van der Waals surface area contributed by atoms with Crippen LogP contribution in [0.5, 0.6) is 0 Å². The molecule has 0 rings (SSSR count). The molecule has 5 atom stereocenters. The van der Waals surface area contributed by atoms with E-state index in [2.05, 4.69) is 34.6 Å². The van der Waals surface area contributed by atoms with Crippen molar-refractivity contribution >= 4 is 39.5 Å². The number of hydrogen-bond donors (Lipinski definition) is 3. The summed E-state index contributed by atoms with van der Waals surface area (Å²) in [6.45, 7) is 7.15. The van der Waals surface area contributed by atoms with Crippen molar-refractivity contribution in [3.63, 3.8) is 0 Å². The number of rotatable bonds is 76. The summed E-state index contributed by atoms with van der Waals surface area (Å²) in [4.78, 5) is 72.5. The number of esters is 4. The third kappa shape index (κ3) is 70.3. The zero-order chi connectivity index (χ0) is 69.8. The van der Waals surface area contributed by atoms with Crippen LogP contribution >= 0.6 is 15.6 Å². The highest BCUT2D eigenvalue weighted by molar-refractivity contribution is 7.47. The van der Waals surface area contributed by atoms with E-state index < -0.39 is 97.5 Å². The summed E-state index contributed by atoms with van der Waals surface area (Å²) in [7, 11) is -9.90. The molecule has 0 aromatic carbocycles. The van der Waals surface area contributed by atoms with Crippen molar-refractivity contribution in [3.8, 4) is 0 Å². The lowest BCUT2D eigenvalue weighted by Gasteiger charge is -2.21. The van der Waals surface area contributed by atoms with Gasteiger partial charge in [-0.25, -0.2) is 9.13 Å². The van der Waals surface area contributed by atoms with Crippen LogP contribution in [0, 0.1) is 5.92 Å². The van der Waals surface area contributed by atoms with Gasteiger partial charge in [0, 0.05) is 25.7 Å². The fraction of sp³-hybridized carbons (Fsp3) is 0.947. The molecule has 0 aliphatic carbocycles. The normalized spacial score (nSPS) is 13.9. The number of unbranched alkanes of at least 4 members (excludes halogenated alkanes) is 48. The van der Waals surface area contributed by atoms with E-state index in [0.29, 0.717) is 25.7 Å². The largest absolute Gasteiger partial charge is 0.472 e. The molecule has 0 saturated heterocycles. The maximum absolute atomic E-state index is 13.1. The topological polar surface area (TPSA) is 237 Å². The van der Waals surface area contributed by atoms with Gasteiger partial charge in [0.2, 0.25) is 0 Å². The predicted molar refractivity (Wildman–Crippen MR) is 386 cm³/mol. The van der Waals surface area contributed by atoms with Crippen LogP contribution in [0.4, 0.5) is 0 Å². The smallest absolute Gasteiger partial charge is 0.462 e. The Bertz CT molecular complexity index is 1820. The van der Waals surface area contributed by atoms with Gasteiger partial charge < -0.3 is 33.8 Å².